The fourth-order valence-electron chi connectivity index (χ4n) is 3.53. The van der Waals surface area contributed by atoms with Crippen molar-refractivity contribution in [3.05, 3.63) is 0 Å². The molecule has 0 radical (unpaired) electrons. The minimum absolute atomic E-state index is 0.447. The van der Waals surface area contributed by atoms with Crippen molar-refractivity contribution in [3.8, 4) is 0 Å². The minimum Gasteiger partial charge on any atom is -0.311 e. The molecule has 106 valence electrons. The smallest absolute Gasteiger partial charge is 0.0334 e. The largest absolute Gasteiger partial charge is 0.311 e. The maximum atomic E-state index is 3.83. The highest BCUT2D eigenvalue weighted by atomic mass is 15.3. The summed E-state index contributed by atoms with van der Waals surface area (Å²) in [5, 5.41) is 3.83. The van der Waals surface area contributed by atoms with Crippen LogP contribution in [-0.4, -0.2) is 36.1 Å². The Balaban J connectivity index is 1.96. The summed E-state index contributed by atoms with van der Waals surface area (Å²) in [5.41, 5.74) is 0.447. The molecule has 0 aromatic rings. The summed E-state index contributed by atoms with van der Waals surface area (Å²) in [6.45, 7) is 13.3. The summed E-state index contributed by atoms with van der Waals surface area (Å²) in [5.74, 6) is 1.77. The van der Waals surface area contributed by atoms with Crippen molar-refractivity contribution in [2.45, 2.75) is 71.4 Å². The second-order valence-electron chi connectivity index (χ2n) is 7.14. The van der Waals surface area contributed by atoms with Crippen LogP contribution in [0.4, 0.5) is 0 Å². The quantitative estimate of drug-likeness (QED) is 0.780. The summed E-state index contributed by atoms with van der Waals surface area (Å²) >= 11 is 0. The van der Waals surface area contributed by atoms with Crippen LogP contribution in [0.5, 0.6) is 0 Å². The molecule has 1 saturated heterocycles. The first-order valence-corrected chi connectivity index (χ1v) is 8.04. The number of piperazine rings is 1. The van der Waals surface area contributed by atoms with Crippen molar-refractivity contribution < 1.29 is 0 Å². The number of hydrogen-bond donors (Lipinski definition) is 1. The van der Waals surface area contributed by atoms with Crippen molar-refractivity contribution in [3.63, 3.8) is 0 Å². The van der Waals surface area contributed by atoms with E-state index in [0.29, 0.717) is 11.6 Å². The lowest BCUT2D eigenvalue weighted by molar-refractivity contribution is 0.0298. The molecule has 1 saturated carbocycles. The van der Waals surface area contributed by atoms with Crippen molar-refractivity contribution in [1.82, 2.24) is 10.2 Å². The van der Waals surface area contributed by atoms with Gasteiger partial charge in [0.1, 0.15) is 0 Å². The maximum Gasteiger partial charge on any atom is 0.0334 e. The van der Waals surface area contributed by atoms with Crippen LogP contribution < -0.4 is 5.32 Å². The topological polar surface area (TPSA) is 15.3 Å². The van der Waals surface area contributed by atoms with E-state index in [2.05, 4.69) is 37.9 Å². The lowest BCUT2D eigenvalue weighted by atomic mass is 9.87. The molecule has 2 heteroatoms. The molecule has 2 nitrogen and oxygen atoms in total. The molecule has 1 aliphatic heterocycles. The highest BCUT2D eigenvalue weighted by Gasteiger charge is 2.47. The third-order valence-electron chi connectivity index (χ3n) is 4.91. The van der Waals surface area contributed by atoms with E-state index in [0.717, 1.165) is 11.8 Å². The van der Waals surface area contributed by atoms with Crippen LogP contribution in [0.1, 0.15) is 59.8 Å². The van der Waals surface area contributed by atoms with E-state index < -0.39 is 0 Å². The van der Waals surface area contributed by atoms with Gasteiger partial charge in [0.05, 0.1) is 0 Å². The second-order valence-corrected chi connectivity index (χ2v) is 7.14. The first kappa shape index (κ1) is 14.3. The molecule has 1 N–H and O–H groups in total. The highest BCUT2D eigenvalue weighted by molar-refractivity contribution is 5.04. The van der Waals surface area contributed by atoms with E-state index in [1.807, 2.05) is 0 Å². The van der Waals surface area contributed by atoms with Gasteiger partial charge in [0, 0.05) is 24.7 Å². The van der Waals surface area contributed by atoms with E-state index in [1.54, 1.807) is 0 Å². The Bertz CT molecular complexity index is 260. The van der Waals surface area contributed by atoms with E-state index in [9.17, 15) is 0 Å². The van der Waals surface area contributed by atoms with Crippen LogP contribution in [0.15, 0.2) is 0 Å². The average molecular weight is 252 g/mol. The van der Waals surface area contributed by atoms with Crippen LogP contribution >= 0.6 is 0 Å². The zero-order valence-corrected chi connectivity index (χ0v) is 12.8. The molecular weight excluding hydrogens is 220 g/mol. The normalized spacial score (nSPS) is 34.2. The fraction of sp³-hybridized carbons (Fsp3) is 1.00. The molecule has 0 aromatic carbocycles. The van der Waals surface area contributed by atoms with Gasteiger partial charge in [-0.1, -0.05) is 27.2 Å². The third kappa shape index (κ3) is 3.27. The molecule has 0 spiro atoms. The van der Waals surface area contributed by atoms with Crippen LogP contribution in [0.2, 0.25) is 0 Å². The number of rotatable bonds is 6. The predicted octanol–water partition coefficient (Wildman–Crippen LogP) is 3.28. The van der Waals surface area contributed by atoms with Crippen molar-refractivity contribution in [1.29, 1.82) is 0 Å². The summed E-state index contributed by atoms with van der Waals surface area (Å²) in [6.07, 6.45) is 6.91. The summed E-state index contributed by atoms with van der Waals surface area (Å²) < 4.78 is 0. The SMILES string of the molecule is CCCCN1CC(CC(C)C)NCC1(C)C1CC1. The number of nitrogens with zero attached hydrogens (tertiary/aromatic N) is 1. The third-order valence-corrected chi connectivity index (χ3v) is 4.91. The van der Waals surface area contributed by atoms with Crippen LogP contribution in [0.25, 0.3) is 0 Å². The first-order valence-electron chi connectivity index (χ1n) is 8.04. The van der Waals surface area contributed by atoms with Crippen LogP contribution in [0.3, 0.4) is 0 Å². The Morgan fingerprint density at radius 1 is 1.33 bits per heavy atom. The first-order chi connectivity index (χ1) is 8.56. The Morgan fingerprint density at radius 3 is 2.61 bits per heavy atom. The monoisotopic (exact) mass is 252 g/mol. The van der Waals surface area contributed by atoms with Gasteiger partial charge in [-0.15, -0.1) is 0 Å². The van der Waals surface area contributed by atoms with Crippen molar-refractivity contribution >= 4 is 0 Å². The van der Waals surface area contributed by atoms with Gasteiger partial charge in [-0.05, 0) is 51.0 Å². The lowest BCUT2D eigenvalue weighted by Crippen LogP contribution is -2.64. The molecule has 2 fully saturated rings. The van der Waals surface area contributed by atoms with Gasteiger partial charge in [-0.3, -0.25) is 4.90 Å². The van der Waals surface area contributed by atoms with Crippen molar-refractivity contribution in [2.75, 3.05) is 19.6 Å². The highest BCUT2D eigenvalue weighted by Crippen LogP contribution is 2.44. The molecule has 0 amide bonds. The Hall–Kier alpha value is -0.0800. The van der Waals surface area contributed by atoms with Crippen LogP contribution in [-0.2, 0) is 0 Å². The second kappa shape index (κ2) is 5.92. The Kier molecular flexibility index (Phi) is 4.71. The molecular formula is C16H32N2. The van der Waals surface area contributed by atoms with Crippen LogP contribution in [0, 0.1) is 11.8 Å². The number of hydrogen-bond acceptors (Lipinski definition) is 2. The van der Waals surface area contributed by atoms with E-state index in [4.69, 9.17) is 0 Å². The number of nitrogens with one attached hydrogen (secondary N) is 1. The van der Waals surface area contributed by atoms with Gasteiger partial charge < -0.3 is 5.32 Å². The molecule has 2 aliphatic rings. The van der Waals surface area contributed by atoms with Crippen molar-refractivity contribution in [2.24, 2.45) is 11.8 Å². The zero-order valence-electron chi connectivity index (χ0n) is 12.8. The standard InChI is InChI=1S/C16H32N2/c1-5-6-9-18-11-15(10-13(2)3)17-12-16(18,4)14-7-8-14/h13-15,17H,5-12H2,1-4H3. The van der Waals surface area contributed by atoms with Gasteiger partial charge in [0.15, 0.2) is 0 Å². The number of unbranched alkanes of at least 4 members (excludes halogenated alkanes) is 1. The lowest BCUT2D eigenvalue weighted by Gasteiger charge is -2.49. The van der Waals surface area contributed by atoms with Gasteiger partial charge in [-0.2, -0.15) is 0 Å². The van der Waals surface area contributed by atoms with Gasteiger partial charge in [-0.25, -0.2) is 0 Å². The minimum atomic E-state index is 0.447. The Labute approximate surface area is 114 Å². The maximum absolute atomic E-state index is 3.83. The van der Waals surface area contributed by atoms with Gasteiger partial charge >= 0.3 is 0 Å². The van der Waals surface area contributed by atoms with Gasteiger partial charge in [0.25, 0.3) is 0 Å². The molecule has 2 unspecified atom stereocenters. The molecule has 0 bridgehead atoms. The molecule has 1 aliphatic carbocycles. The molecule has 2 atom stereocenters. The molecule has 1 heterocycles. The van der Waals surface area contributed by atoms with Gasteiger partial charge in [0.2, 0.25) is 0 Å². The molecule has 2 rings (SSSR count). The fourth-order valence-corrected chi connectivity index (χ4v) is 3.53. The predicted molar refractivity (Wildman–Crippen MR) is 78.9 cm³/mol. The zero-order chi connectivity index (χ0) is 13.2. The summed E-state index contributed by atoms with van der Waals surface area (Å²) in [7, 11) is 0. The van der Waals surface area contributed by atoms with E-state index in [1.165, 1.54) is 51.7 Å². The van der Waals surface area contributed by atoms with E-state index >= 15 is 0 Å². The van der Waals surface area contributed by atoms with E-state index in [-0.39, 0.29) is 0 Å². The Morgan fingerprint density at radius 2 is 2.06 bits per heavy atom. The molecule has 18 heavy (non-hydrogen) atoms. The average Bonchev–Trinajstić information content (AvgIpc) is 3.13. The molecule has 0 aromatic heterocycles. The summed E-state index contributed by atoms with van der Waals surface area (Å²) in [6, 6.07) is 0.716. The summed E-state index contributed by atoms with van der Waals surface area (Å²) in [4.78, 5) is 2.82.